The molecule has 0 spiro atoms. The van der Waals surface area contributed by atoms with Gasteiger partial charge in [0, 0.05) is 26.6 Å². The molecule has 0 fully saturated rings. The smallest absolute Gasteiger partial charge is 0.271 e. The van der Waals surface area contributed by atoms with Crippen LogP contribution in [0.1, 0.15) is 16.9 Å². The van der Waals surface area contributed by atoms with Crippen molar-refractivity contribution in [3.8, 4) is 0 Å². The molecule has 0 saturated heterocycles. The second-order valence-corrected chi connectivity index (χ2v) is 3.78. The minimum absolute atomic E-state index is 0.125. The second kappa shape index (κ2) is 8.77. The topological polar surface area (TPSA) is 131 Å². The summed E-state index contributed by atoms with van der Waals surface area (Å²) in [6.07, 6.45) is 2.88. The van der Waals surface area contributed by atoms with Gasteiger partial charge in [0.05, 0.1) is 19.0 Å². The lowest BCUT2D eigenvalue weighted by molar-refractivity contribution is -0.121. The molecule has 1 heterocycles. The molecular weight excluding hydrogens is 264 g/mol. The van der Waals surface area contributed by atoms with Gasteiger partial charge in [-0.3, -0.25) is 14.6 Å². The highest BCUT2D eigenvalue weighted by Crippen LogP contribution is 1.99. The Labute approximate surface area is 116 Å². The molecule has 1 aromatic heterocycles. The van der Waals surface area contributed by atoms with Gasteiger partial charge in [0.2, 0.25) is 5.91 Å². The van der Waals surface area contributed by atoms with Crippen molar-refractivity contribution in [2.75, 3.05) is 32.2 Å². The van der Waals surface area contributed by atoms with E-state index in [9.17, 15) is 9.59 Å². The third-order valence-electron chi connectivity index (χ3n) is 2.28. The van der Waals surface area contributed by atoms with Crippen LogP contribution in [-0.2, 0) is 9.53 Å². The van der Waals surface area contributed by atoms with Crippen molar-refractivity contribution in [2.24, 2.45) is 5.84 Å². The molecule has 5 N–H and O–H groups in total. The maximum Gasteiger partial charge on any atom is 0.271 e. The number of methoxy groups -OCH3 is 1. The molecule has 2 amide bonds. The van der Waals surface area contributed by atoms with Crippen molar-refractivity contribution in [3.05, 3.63) is 18.1 Å². The van der Waals surface area contributed by atoms with Crippen LogP contribution in [-0.4, -0.2) is 48.6 Å². The van der Waals surface area contributed by atoms with Crippen LogP contribution < -0.4 is 21.9 Å². The predicted octanol–water partition coefficient (Wildman–Crippen LogP) is -1.36. The lowest BCUT2D eigenvalue weighted by Gasteiger charge is -2.06. The average Bonchev–Trinajstić information content (AvgIpc) is 2.47. The van der Waals surface area contributed by atoms with Crippen LogP contribution in [0.4, 0.5) is 5.82 Å². The largest absolute Gasteiger partial charge is 0.383 e. The number of nitrogens with two attached hydrogens (primary N) is 1. The first-order chi connectivity index (χ1) is 9.67. The van der Waals surface area contributed by atoms with Crippen molar-refractivity contribution in [1.29, 1.82) is 0 Å². The maximum absolute atomic E-state index is 11.7. The average molecular weight is 282 g/mol. The standard InChI is InChI=1S/C11H18N6O3/c1-20-5-4-14-10(18)2-3-15-11(19)8-6-13-7-9(16-8)17-12/h6-7H,2-5,12H2,1H3,(H,14,18)(H,15,19)(H,16,17). The van der Waals surface area contributed by atoms with Crippen molar-refractivity contribution < 1.29 is 14.3 Å². The van der Waals surface area contributed by atoms with Gasteiger partial charge in [-0.15, -0.1) is 0 Å². The number of nitrogens with zero attached hydrogens (tertiary/aromatic N) is 2. The maximum atomic E-state index is 11.7. The van der Waals surface area contributed by atoms with Gasteiger partial charge in [0.15, 0.2) is 5.82 Å². The Hall–Kier alpha value is -2.26. The van der Waals surface area contributed by atoms with E-state index in [1.807, 2.05) is 0 Å². The Balaban J connectivity index is 2.30. The molecule has 110 valence electrons. The number of carbonyl (C=O) groups is 2. The zero-order chi connectivity index (χ0) is 14.8. The Kier molecular flexibility index (Phi) is 6.93. The van der Waals surface area contributed by atoms with Gasteiger partial charge in [0.1, 0.15) is 5.69 Å². The Morgan fingerprint density at radius 1 is 1.30 bits per heavy atom. The summed E-state index contributed by atoms with van der Waals surface area (Å²) in [5, 5.41) is 5.22. The van der Waals surface area contributed by atoms with Crippen LogP contribution in [0.25, 0.3) is 0 Å². The highest BCUT2D eigenvalue weighted by atomic mass is 16.5. The van der Waals surface area contributed by atoms with Crippen molar-refractivity contribution in [2.45, 2.75) is 6.42 Å². The number of hydrogen-bond acceptors (Lipinski definition) is 7. The number of hydrazine groups is 1. The van der Waals surface area contributed by atoms with Crippen molar-refractivity contribution >= 4 is 17.6 Å². The molecule has 0 aliphatic heterocycles. The van der Waals surface area contributed by atoms with Gasteiger partial charge in [0.25, 0.3) is 5.91 Å². The number of rotatable bonds is 8. The van der Waals surface area contributed by atoms with Crippen LogP contribution in [0.3, 0.4) is 0 Å². The first-order valence-corrected chi connectivity index (χ1v) is 6.00. The summed E-state index contributed by atoms with van der Waals surface area (Å²) in [6.45, 7) is 1.10. The minimum Gasteiger partial charge on any atom is -0.383 e. The molecule has 9 heteroatoms. The zero-order valence-corrected chi connectivity index (χ0v) is 11.2. The van der Waals surface area contributed by atoms with Crippen LogP contribution in [0.2, 0.25) is 0 Å². The quantitative estimate of drug-likeness (QED) is 0.263. The number of anilines is 1. The summed E-state index contributed by atoms with van der Waals surface area (Å²) in [4.78, 5) is 30.8. The molecule has 0 unspecified atom stereocenters. The summed E-state index contributed by atoms with van der Waals surface area (Å²) in [5.41, 5.74) is 2.42. The van der Waals surface area contributed by atoms with Gasteiger partial charge < -0.3 is 20.8 Å². The van der Waals surface area contributed by atoms with Gasteiger partial charge in [-0.2, -0.15) is 0 Å². The van der Waals surface area contributed by atoms with Crippen molar-refractivity contribution in [1.82, 2.24) is 20.6 Å². The van der Waals surface area contributed by atoms with Gasteiger partial charge in [-0.25, -0.2) is 10.8 Å². The van der Waals surface area contributed by atoms with E-state index >= 15 is 0 Å². The zero-order valence-electron chi connectivity index (χ0n) is 11.2. The highest BCUT2D eigenvalue weighted by molar-refractivity contribution is 5.92. The molecule has 0 atom stereocenters. The van der Waals surface area contributed by atoms with Crippen LogP contribution >= 0.6 is 0 Å². The highest BCUT2D eigenvalue weighted by Gasteiger charge is 2.09. The van der Waals surface area contributed by atoms with Gasteiger partial charge in [-0.05, 0) is 0 Å². The van der Waals surface area contributed by atoms with E-state index in [1.165, 1.54) is 12.4 Å². The normalized spacial score (nSPS) is 9.90. The SMILES string of the molecule is COCCNC(=O)CCNC(=O)c1cncc(NN)n1. The molecule has 0 radical (unpaired) electrons. The number of amides is 2. The lowest BCUT2D eigenvalue weighted by atomic mass is 10.3. The second-order valence-electron chi connectivity index (χ2n) is 3.78. The van der Waals surface area contributed by atoms with Crippen molar-refractivity contribution in [3.63, 3.8) is 0 Å². The van der Waals surface area contributed by atoms with Crippen LogP contribution in [0.15, 0.2) is 12.4 Å². The predicted molar refractivity (Wildman–Crippen MR) is 71.7 cm³/mol. The van der Waals surface area contributed by atoms with E-state index in [2.05, 4.69) is 26.0 Å². The molecular formula is C11H18N6O3. The van der Waals surface area contributed by atoms with E-state index in [0.29, 0.717) is 13.2 Å². The number of hydrogen-bond donors (Lipinski definition) is 4. The minimum atomic E-state index is -0.417. The number of carbonyl (C=O) groups excluding carboxylic acids is 2. The summed E-state index contributed by atoms with van der Waals surface area (Å²) in [5.74, 6) is 4.88. The monoisotopic (exact) mass is 282 g/mol. The van der Waals surface area contributed by atoms with E-state index in [0.717, 1.165) is 0 Å². The molecule has 1 aromatic rings. The molecule has 9 nitrogen and oxygen atoms in total. The summed E-state index contributed by atoms with van der Waals surface area (Å²) >= 11 is 0. The van der Waals surface area contributed by atoms with Gasteiger partial charge in [-0.1, -0.05) is 0 Å². The van der Waals surface area contributed by atoms with Crippen LogP contribution in [0, 0.1) is 0 Å². The fourth-order valence-corrected chi connectivity index (χ4v) is 1.31. The molecule has 0 saturated carbocycles. The summed E-state index contributed by atoms with van der Waals surface area (Å²) in [6, 6.07) is 0. The molecule has 1 rings (SSSR count). The van der Waals surface area contributed by atoms with E-state index in [-0.39, 0.29) is 30.4 Å². The number of ether oxygens (including phenoxy) is 1. The fourth-order valence-electron chi connectivity index (χ4n) is 1.31. The third kappa shape index (κ3) is 5.59. The summed E-state index contributed by atoms with van der Waals surface area (Å²) in [7, 11) is 1.55. The number of nitrogen functional groups attached to an aromatic ring is 1. The fraction of sp³-hybridized carbons (Fsp3) is 0.455. The Morgan fingerprint density at radius 2 is 2.10 bits per heavy atom. The lowest BCUT2D eigenvalue weighted by Crippen LogP contribution is -2.32. The molecule has 0 aliphatic rings. The summed E-state index contributed by atoms with van der Waals surface area (Å²) < 4.78 is 4.80. The Morgan fingerprint density at radius 3 is 2.80 bits per heavy atom. The van der Waals surface area contributed by atoms with E-state index in [1.54, 1.807) is 7.11 Å². The Bertz CT molecular complexity index is 454. The van der Waals surface area contributed by atoms with Crippen LogP contribution in [0.5, 0.6) is 0 Å². The molecule has 0 aliphatic carbocycles. The molecule has 0 aromatic carbocycles. The first-order valence-electron chi connectivity index (χ1n) is 6.00. The third-order valence-corrected chi connectivity index (χ3v) is 2.28. The van der Waals surface area contributed by atoms with E-state index in [4.69, 9.17) is 10.6 Å². The number of nitrogens with one attached hydrogen (secondary N) is 3. The first kappa shape index (κ1) is 15.8. The number of aromatic nitrogens is 2. The molecule has 0 bridgehead atoms. The molecule has 20 heavy (non-hydrogen) atoms. The van der Waals surface area contributed by atoms with Gasteiger partial charge >= 0.3 is 0 Å². The van der Waals surface area contributed by atoms with E-state index < -0.39 is 5.91 Å².